The molecule has 1 heterocycles. The molecule has 0 unspecified atom stereocenters. The van der Waals surface area contributed by atoms with E-state index in [0.29, 0.717) is 6.54 Å². The highest BCUT2D eigenvalue weighted by Crippen LogP contribution is 2.34. The number of carbonyl (C=O) groups is 2. The van der Waals surface area contributed by atoms with Gasteiger partial charge in [-0.05, 0) is 48.1 Å². The fraction of sp³-hybridized carbons (Fsp3) is 0.538. The van der Waals surface area contributed by atoms with E-state index in [4.69, 9.17) is 5.11 Å². The van der Waals surface area contributed by atoms with Gasteiger partial charge in [-0.1, -0.05) is 0 Å². The molecule has 0 aromatic carbocycles. The molecule has 104 valence electrons. The van der Waals surface area contributed by atoms with E-state index in [1.807, 2.05) is 17.7 Å². The van der Waals surface area contributed by atoms with Crippen LogP contribution in [0.4, 0.5) is 4.79 Å². The third-order valence-corrected chi connectivity index (χ3v) is 4.49. The molecule has 6 heteroatoms. The van der Waals surface area contributed by atoms with E-state index in [1.54, 1.807) is 11.3 Å². The molecule has 3 N–H and O–H groups in total. The van der Waals surface area contributed by atoms with Crippen molar-refractivity contribution in [3.8, 4) is 0 Å². The Morgan fingerprint density at radius 2 is 2.16 bits per heavy atom. The summed E-state index contributed by atoms with van der Waals surface area (Å²) >= 11 is 1.61. The van der Waals surface area contributed by atoms with Gasteiger partial charge in [0.2, 0.25) is 0 Å². The van der Waals surface area contributed by atoms with E-state index < -0.39 is 11.5 Å². The molecule has 0 saturated heterocycles. The molecule has 1 aliphatic carbocycles. The van der Waals surface area contributed by atoms with Crippen LogP contribution >= 0.6 is 11.3 Å². The number of carboxylic acids is 1. The summed E-state index contributed by atoms with van der Waals surface area (Å²) in [6.07, 6.45) is 2.45. The van der Waals surface area contributed by atoms with E-state index in [2.05, 4.69) is 10.6 Å². The Kier molecular flexibility index (Phi) is 4.09. The molecule has 2 amide bonds. The first kappa shape index (κ1) is 13.9. The van der Waals surface area contributed by atoms with Gasteiger partial charge in [0.25, 0.3) is 0 Å². The van der Waals surface area contributed by atoms with Crippen LogP contribution in [0.3, 0.4) is 0 Å². The maximum absolute atomic E-state index is 11.8. The Hall–Kier alpha value is -1.56. The minimum absolute atomic E-state index is 0.00208. The number of carboxylic acid groups (broad SMARTS) is 1. The number of rotatable bonds is 5. The van der Waals surface area contributed by atoms with Crippen molar-refractivity contribution in [2.75, 3.05) is 0 Å². The van der Waals surface area contributed by atoms with Crippen LogP contribution in [0.15, 0.2) is 10.8 Å². The lowest BCUT2D eigenvalue weighted by molar-refractivity contribution is -0.139. The summed E-state index contributed by atoms with van der Waals surface area (Å²) in [6.45, 7) is 2.48. The molecule has 0 aliphatic heterocycles. The molecule has 0 bridgehead atoms. The topological polar surface area (TPSA) is 78.4 Å². The van der Waals surface area contributed by atoms with Gasteiger partial charge in [0.15, 0.2) is 0 Å². The van der Waals surface area contributed by atoms with E-state index in [-0.39, 0.29) is 12.5 Å². The number of thiophene rings is 1. The number of aliphatic carboxylic acids is 1. The fourth-order valence-electron chi connectivity index (χ4n) is 2.27. The Balaban J connectivity index is 1.83. The van der Waals surface area contributed by atoms with E-state index in [9.17, 15) is 9.59 Å². The molecule has 1 saturated carbocycles. The maximum Gasteiger partial charge on any atom is 0.315 e. The second-order valence-corrected chi connectivity index (χ2v) is 5.84. The van der Waals surface area contributed by atoms with Gasteiger partial charge in [0.05, 0.1) is 12.0 Å². The smallest absolute Gasteiger partial charge is 0.315 e. The lowest BCUT2D eigenvalue weighted by atomic mass is 9.74. The highest BCUT2D eigenvalue weighted by molar-refractivity contribution is 7.08. The van der Waals surface area contributed by atoms with Gasteiger partial charge in [0.1, 0.15) is 0 Å². The number of hydrogen-bond donors (Lipinski definition) is 3. The molecular formula is C13H18N2O3S. The minimum Gasteiger partial charge on any atom is -0.481 e. The zero-order chi connectivity index (χ0) is 13.9. The number of urea groups is 1. The number of aryl methyl sites for hydroxylation is 1. The number of hydrogen-bond acceptors (Lipinski definition) is 3. The first-order valence-electron chi connectivity index (χ1n) is 6.30. The van der Waals surface area contributed by atoms with Gasteiger partial charge in [0, 0.05) is 6.54 Å². The Morgan fingerprint density at radius 1 is 1.42 bits per heavy atom. The number of nitrogens with one attached hydrogen (secondary N) is 2. The van der Waals surface area contributed by atoms with Crippen LogP contribution in [0.25, 0.3) is 0 Å². The third-order valence-electron chi connectivity index (χ3n) is 3.58. The van der Waals surface area contributed by atoms with Crippen molar-refractivity contribution < 1.29 is 14.7 Å². The molecule has 1 fully saturated rings. The van der Waals surface area contributed by atoms with Gasteiger partial charge in [-0.3, -0.25) is 4.79 Å². The predicted octanol–water partition coefficient (Wildman–Crippen LogP) is 2.25. The standard InChI is InChI=1S/C13H18N2O3S/c1-9-7-19-8-10(9)6-14-12(18)15-13(3-2-4-13)5-11(16)17/h7-8H,2-6H2,1H3,(H,16,17)(H2,14,15,18). The van der Waals surface area contributed by atoms with Crippen molar-refractivity contribution in [2.45, 2.75) is 44.7 Å². The molecule has 0 radical (unpaired) electrons. The fourth-order valence-corrected chi connectivity index (χ4v) is 3.12. The Bertz CT molecular complexity index is 480. The SMILES string of the molecule is Cc1cscc1CNC(=O)NC1(CC(=O)O)CCC1. The lowest BCUT2D eigenvalue weighted by Crippen LogP contribution is -2.57. The highest BCUT2D eigenvalue weighted by atomic mass is 32.1. The molecule has 0 atom stereocenters. The van der Waals surface area contributed by atoms with Crippen LogP contribution in [0, 0.1) is 6.92 Å². The van der Waals surface area contributed by atoms with Crippen LogP contribution in [0.2, 0.25) is 0 Å². The van der Waals surface area contributed by atoms with Crippen LogP contribution in [-0.4, -0.2) is 22.6 Å². The van der Waals surface area contributed by atoms with E-state index in [0.717, 1.165) is 30.4 Å². The summed E-state index contributed by atoms with van der Waals surface area (Å²) in [5.41, 5.74) is 1.72. The molecule has 1 aromatic heterocycles. The Labute approximate surface area is 116 Å². The molecule has 0 spiro atoms. The second-order valence-electron chi connectivity index (χ2n) is 5.09. The number of carbonyl (C=O) groups excluding carboxylic acids is 1. The van der Waals surface area contributed by atoms with Crippen molar-refractivity contribution in [2.24, 2.45) is 0 Å². The summed E-state index contributed by atoms with van der Waals surface area (Å²) in [4.78, 5) is 22.6. The summed E-state index contributed by atoms with van der Waals surface area (Å²) < 4.78 is 0. The van der Waals surface area contributed by atoms with Gasteiger partial charge >= 0.3 is 12.0 Å². The zero-order valence-corrected chi connectivity index (χ0v) is 11.7. The van der Waals surface area contributed by atoms with Crippen molar-refractivity contribution >= 4 is 23.3 Å². The van der Waals surface area contributed by atoms with Gasteiger partial charge in [-0.15, -0.1) is 0 Å². The molecule has 1 aromatic rings. The normalized spacial score (nSPS) is 16.5. The quantitative estimate of drug-likeness (QED) is 0.775. The molecular weight excluding hydrogens is 264 g/mol. The van der Waals surface area contributed by atoms with Gasteiger partial charge < -0.3 is 15.7 Å². The van der Waals surface area contributed by atoms with Crippen LogP contribution in [0.1, 0.15) is 36.8 Å². The van der Waals surface area contributed by atoms with Crippen molar-refractivity contribution in [1.82, 2.24) is 10.6 Å². The van der Waals surface area contributed by atoms with Crippen LogP contribution < -0.4 is 10.6 Å². The minimum atomic E-state index is -0.867. The van der Waals surface area contributed by atoms with E-state index >= 15 is 0 Å². The van der Waals surface area contributed by atoms with Crippen molar-refractivity contribution in [1.29, 1.82) is 0 Å². The summed E-state index contributed by atoms with van der Waals surface area (Å²) in [6, 6.07) is -0.286. The molecule has 19 heavy (non-hydrogen) atoms. The summed E-state index contributed by atoms with van der Waals surface area (Å²) in [5, 5.41) is 18.5. The number of amides is 2. The van der Waals surface area contributed by atoms with Gasteiger partial charge in [-0.2, -0.15) is 11.3 Å². The van der Waals surface area contributed by atoms with Gasteiger partial charge in [-0.25, -0.2) is 4.79 Å². The maximum atomic E-state index is 11.8. The van der Waals surface area contributed by atoms with Crippen LogP contribution in [0.5, 0.6) is 0 Å². The summed E-state index contributed by atoms with van der Waals surface area (Å²) in [7, 11) is 0. The first-order chi connectivity index (χ1) is 9.01. The average molecular weight is 282 g/mol. The monoisotopic (exact) mass is 282 g/mol. The van der Waals surface area contributed by atoms with Crippen molar-refractivity contribution in [3.05, 3.63) is 21.9 Å². The highest BCUT2D eigenvalue weighted by Gasteiger charge is 2.40. The summed E-state index contributed by atoms with van der Waals surface area (Å²) in [5.74, 6) is -0.867. The molecule has 1 aliphatic rings. The third kappa shape index (κ3) is 3.47. The van der Waals surface area contributed by atoms with E-state index in [1.165, 1.54) is 0 Å². The largest absolute Gasteiger partial charge is 0.481 e. The lowest BCUT2D eigenvalue weighted by Gasteiger charge is -2.41. The zero-order valence-electron chi connectivity index (χ0n) is 10.9. The molecule has 2 rings (SSSR count). The predicted molar refractivity (Wildman–Crippen MR) is 73.3 cm³/mol. The van der Waals surface area contributed by atoms with Crippen molar-refractivity contribution in [3.63, 3.8) is 0 Å². The van der Waals surface area contributed by atoms with Crippen LogP contribution in [-0.2, 0) is 11.3 Å². The molecule has 5 nitrogen and oxygen atoms in total. The first-order valence-corrected chi connectivity index (χ1v) is 7.24. The Morgan fingerprint density at radius 3 is 2.63 bits per heavy atom. The second kappa shape index (κ2) is 5.61. The average Bonchev–Trinajstić information content (AvgIpc) is 2.68.